The molecule has 0 amide bonds. The van der Waals surface area contributed by atoms with Gasteiger partial charge in [-0.2, -0.15) is 0 Å². The third-order valence-electron chi connectivity index (χ3n) is 3.50. The fourth-order valence-electron chi connectivity index (χ4n) is 2.51. The first kappa shape index (κ1) is 14.8. The zero-order valence-corrected chi connectivity index (χ0v) is 12.7. The van der Waals surface area contributed by atoms with E-state index < -0.39 is 0 Å². The van der Waals surface area contributed by atoms with E-state index in [-0.39, 0.29) is 5.82 Å². The second kappa shape index (κ2) is 6.23. The molecule has 1 heterocycles. The van der Waals surface area contributed by atoms with Crippen molar-refractivity contribution in [3.8, 4) is 5.69 Å². The van der Waals surface area contributed by atoms with Crippen LogP contribution in [-0.2, 0) is 6.54 Å². The highest BCUT2D eigenvalue weighted by molar-refractivity contribution is 5.42. The summed E-state index contributed by atoms with van der Waals surface area (Å²) >= 11 is 0. The smallest absolute Gasteiger partial charge is 0.147 e. The number of halogens is 1. The Morgan fingerprint density at radius 3 is 2.55 bits per heavy atom. The molecule has 0 bridgehead atoms. The maximum absolute atomic E-state index is 14.0. The van der Waals surface area contributed by atoms with E-state index in [0.29, 0.717) is 11.6 Å². The van der Waals surface area contributed by atoms with Gasteiger partial charge in [-0.1, -0.05) is 26.0 Å². The molecule has 0 unspecified atom stereocenters. The second-order valence-corrected chi connectivity index (χ2v) is 5.71. The minimum atomic E-state index is -0.184. The summed E-state index contributed by atoms with van der Waals surface area (Å²) in [6, 6.07) is 9.05. The number of nitrogens with zero attached hydrogens (tertiary/aromatic N) is 1. The molecule has 0 fully saturated rings. The molecular formula is C17H23FN2. The standard InChI is InChI=1S/C17H23FN2/c1-12(2)10-19-11-15-9-13(3)20(14(15)4)17-8-6-5-7-16(17)18/h5-9,12,19H,10-11H2,1-4H3. The van der Waals surface area contributed by atoms with E-state index >= 15 is 0 Å². The molecule has 0 aliphatic heterocycles. The molecule has 0 spiro atoms. The van der Waals surface area contributed by atoms with Gasteiger partial charge in [0.2, 0.25) is 0 Å². The number of benzene rings is 1. The second-order valence-electron chi connectivity index (χ2n) is 5.71. The van der Waals surface area contributed by atoms with Gasteiger partial charge in [0, 0.05) is 17.9 Å². The number of rotatable bonds is 5. The van der Waals surface area contributed by atoms with Crippen LogP contribution in [0.15, 0.2) is 30.3 Å². The van der Waals surface area contributed by atoms with Crippen LogP contribution < -0.4 is 5.32 Å². The van der Waals surface area contributed by atoms with Crippen LogP contribution in [0.3, 0.4) is 0 Å². The van der Waals surface area contributed by atoms with E-state index in [1.807, 2.05) is 30.5 Å². The van der Waals surface area contributed by atoms with Gasteiger partial charge in [0.05, 0.1) is 5.69 Å². The lowest BCUT2D eigenvalue weighted by molar-refractivity contribution is 0.551. The van der Waals surface area contributed by atoms with Gasteiger partial charge in [-0.25, -0.2) is 4.39 Å². The van der Waals surface area contributed by atoms with Crippen LogP contribution >= 0.6 is 0 Å². The van der Waals surface area contributed by atoms with Gasteiger partial charge in [0.1, 0.15) is 5.82 Å². The number of hydrogen-bond acceptors (Lipinski definition) is 1. The number of nitrogens with one attached hydrogen (secondary N) is 1. The molecule has 2 rings (SSSR count). The molecular weight excluding hydrogens is 251 g/mol. The maximum atomic E-state index is 14.0. The monoisotopic (exact) mass is 274 g/mol. The Labute approximate surface area is 120 Å². The molecule has 0 saturated carbocycles. The Morgan fingerprint density at radius 2 is 1.90 bits per heavy atom. The molecule has 2 aromatic rings. The van der Waals surface area contributed by atoms with Crippen LogP contribution in [0.5, 0.6) is 0 Å². The molecule has 20 heavy (non-hydrogen) atoms. The van der Waals surface area contributed by atoms with Gasteiger partial charge in [-0.15, -0.1) is 0 Å². The Kier molecular flexibility index (Phi) is 4.61. The van der Waals surface area contributed by atoms with Crippen LogP contribution in [0.25, 0.3) is 5.69 Å². The van der Waals surface area contributed by atoms with E-state index in [1.54, 1.807) is 6.07 Å². The van der Waals surface area contributed by atoms with Crippen LogP contribution in [0.1, 0.15) is 30.8 Å². The number of aromatic nitrogens is 1. The van der Waals surface area contributed by atoms with E-state index in [4.69, 9.17) is 0 Å². The molecule has 108 valence electrons. The molecule has 0 atom stereocenters. The lowest BCUT2D eigenvalue weighted by Gasteiger charge is -2.11. The zero-order chi connectivity index (χ0) is 14.7. The highest BCUT2D eigenvalue weighted by atomic mass is 19.1. The first-order valence-corrected chi connectivity index (χ1v) is 7.14. The van der Waals surface area contributed by atoms with Crippen LogP contribution in [0.4, 0.5) is 4.39 Å². The molecule has 0 aliphatic rings. The normalized spacial score (nSPS) is 11.3. The number of para-hydroxylation sites is 1. The summed E-state index contributed by atoms with van der Waals surface area (Å²) in [6.45, 7) is 10.3. The summed E-state index contributed by atoms with van der Waals surface area (Å²) in [4.78, 5) is 0. The molecule has 0 radical (unpaired) electrons. The SMILES string of the molecule is Cc1cc(CNCC(C)C)c(C)n1-c1ccccc1F. The van der Waals surface area contributed by atoms with Crippen molar-refractivity contribution in [2.75, 3.05) is 6.54 Å². The van der Waals surface area contributed by atoms with E-state index in [9.17, 15) is 4.39 Å². The first-order chi connectivity index (χ1) is 9.50. The van der Waals surface area contributed by atoms with Gasteiger partial charge < -0.3 is 9.88 Å². The summed E-state index contributed by atoms with van der Waals surface area (Å²) < 4.78 is 16.0. The third-order valence-corrected chi connectivity index (χ3v) is 3.50. The van der Waals surface area contributed by atoms with Crippen molar-refractivity contribution >= 4 is 0 Å². The summed E-state index contributed by atoms with van der Waals surface area (Å²) in [5, 5.41) is 3.44. The topological polar surface area (TPSA) is 17.0 Å². The van der Waals surface area contributed by atoms with Gasteiger partial charge in [-0.3, -0.25) is 0 Å². The van der Waals surface area contributed by atoms with Crippen LogP contribution in [-0.4, -0.2) is 11.1 Å². The summed E-state index contributed by atoms with van der Waals surface area (Å²) in [5.41, 5.74) is 4.02. The Hall–Kier alpha value is -1.61. The minimum Gasteiger partial charge on any atom is -0.315 e. The Bertz CT molecular complexity index is 585. The van der Waals surface area contributed by atoms with Crippen molar-refractivity contribution in [2.24, 2.45) is 5.92 Å². The van der Waals surface area contributed by atoms with Crippen molar-refractivity contribution in [3.05, 3.63) is 53.1 Å². The molecule has 1 aromatic carbocycles. The molecule has 1 N–H and O–H groups in total. The van der Waals surface area contributed by atoms with Crippen LogP contribution in [0, 0.1) is 25.6 Å². The van der Waals surface area contributed by atoms with E-state index in [0.717, 1.165) is 24.5 Å². The molecule has 2 nitrogen and oxygen atoms in total. The fraction of sp³-hybridized carbons (Fsp3) is 0.412. The lowest BCUT2D eigenvalue weighted by Crippen LogP contribution is -2.19. The average molecular weight is 274 g/mol. The van der Waals surface area contributed by atoms with E-state index in [1.165, 1.54) is 11.6 Å². The zero-order valence-electron chi connectivity index (χ0n) is 12.7. The first-order valence-electron chi connectivity index (χ1n) is 7.14. The number of aryl methyl sites for hydroxylation is 1. The largest absolute Gasteiger partial charge is 0.315 e. The summed E-state index contributed by atoms with van der Waals surface area (Å²) in [6.07, 6.45) is 0. The molecule has 0 aliphatic carbocycles. The van der Waals surface area contributed by atoms with Crippen LogP contribution in [0.2, 0.25) is 0 Å². The van der Waals surface area contributed by atoms with Crippen molar-refractivity contribution in [2.45, 2.75) is 34.2 Å². The van der Waals surface area contributed by atoms with Gasteiger partial charge in [0.15, 0.2) is 0 Å². The lowest BCUT2D eigenvalue weighted by atomic mass is 10.2. The highest BCUT2D eigenvalue weighted by Gasteiger charge is 2.13. The fourth-order valence-corrected chi connectivity index (χ4v) is 2.51. The maximum Gasteiger partial charge on any atom is 0.147 e. The third kappa shape index (κ3) is 3.10. The minimum absolute atomic E-state index is 0.184. The van der Waals surface area contributed by atoms with Gasteiger partial charge in [0.25, 0.3) is 0 Å². The van der Waals surface area contributed by atoms with Crippen molar-refractivity contribution in [3.63, 3.8) is 0 Å². The Balaban J connectivity index is 2.28. The molecule has 0 saturated heterocycles. The molecule has 1 aromatic heterocycles. The van der Waals surface area contributed by atoms with Crippen molar-refractivity contribution in [1.29, 1.82) is 0 Å². The van der Waals surface area contributed by atoms with E-state index in [2.05, 4.69) is 25.2 Å². The van der Waals surface area contributed by atoms with Crippen molar-refractivity contribution < 1.29 is 4.39 Å². The van der Waals surface area contributed by atoms with Crippen molar-refractivity contribution in [1.82, 2.24) is 9.88 Å². The van der Waals surface area contributed by atoms with Gasteiger partial charge >= 0.3 is 0 Å². The molecule has 3 heteroatoms. The predicted molar refractivity (Wildman–Crippen MR) is 81.7 cm³/mol. The predicted octanol–water partition coefficient (Wildman–Crippen LogP) is 3.98. The summed E-state index contributed by atoms with van der Waals surface area (Å²) in [5.74, 6) is 0.445. The Morgan fingerprint density at radius 1 is 1.20 bits per heavy atom. The quantitative estimate of drug-likeness (QED) is 0.872. The number of hydrogen-bond donors (Lipinski definition) is 1. The van der Waals surface area contributed by atoms with Gasteiger partial charge in [-0.05, 0) is 50.1 Å². The average Bonchev–Trinajstić information content (AvgIpc) is 2.65. The highest BCUT2D eigenvalue weighted by Crippen LogP contribution is 2.22. The summed E-state index contributed by atoms with van der Waals surface area (Å²) in [7, 11) is 0.